The van der Waals surface area contributed by atoms with Crippen LogP contribution in [0.5, 0.6) is 0 Å². The third-order valence-electron chi connectivity index (χ3n) is 1.84. The average Bonchev–Trinajstić information content (AvgIpc) is 2.17. The van der Waals surface area contributed by atoms with E-state index in [2.05, 4.69) is 0 Å². The summed E-state index contributed by atoms with van der Waals surface area (Å²) >= 11 is 0. The number of amides is 1. The number of carbonyl (C=O) groups excluding carboxylic acids is 1. The maximum atomic E-state index is 12.2. The number of hydrogen-bond donors (Lipinski definition) is 1. The average molecular weight is 228 g/mol. The van der Waals surface area contributed by atoms with Crippen LogP contribution in [0.25, 0.3) is 0 Å². The van der Waals surface area contributed by atoms with Crippen molar-refractivity contribution in [1.82, 2.24) is 5.32 Å². The first-order chi connectivity index (χ1) is 7.43. The number of nitrogens with zero attached hydrogens (tertiary/aromatic N) is 1. The number of hydrogen-bond acceptors (Lipinski definition) is 2. The monoisotopic (exact) mass is 228 g/mol. The molecular formula is C10H7F3N2O. The number of benzene rings is 1. The minimum absolute atomic E-state index is 0.119. The summed E-state index contributed by atoms with van der Waals surface area (Å²) in [5.41, 5.74) is -0.349. The fourth-order valence-corrected chi connectivity index (χ4v) is 1.10. The number of halogens is 3. The first-order valence-electron chi connectivity index (χ1n) is 4.27. The predicted octanol–water partition coefficient (Wildman–Crippen LogP) is 1.85. The highest BCUT2D eigenvalue weighted by molar-refractivity contribution is 5.79. The highest BCUT2D eigenvalue weighted by Gasteiger charge is 2.29. The van der Waals surface area contributed by atoms with Crippen molar-refractivity contribution in [3.05, 3.63) is 35.4 Å². The number of alkyl halides is 3. The van der Waals surface area contributed by atoms with Gasteiger partial charge in [-0.3, -0.25) is 10.1 Å². The lowest BCUT2D eigenvalue weighted by atomic mass is 10.1. The summed E-state index contributed by atoms with van der Waals surface area (Å²) < 4.78 is 36.5. The Morgan fingerprint density at radius 1 is 1.31 bits per heavy atom. The third-order valence-corrected chi connectivity index (χ3v) is 1.84. The number of nitrogens with one attached hydrogen (secondary N) is 1. The topological polar surface area (TPSA) is 52.9 Å². The molecule has 6 heteroatoms. The van der Waals surface area contributed by atoms with Crippen LogP contribution < -0.4 is 5.32 Å². The van der Waals surface area contributed by atoms with E-state index in [0.29, 0.717) is 5.56 Å². The fourth-order valence-electron chi connectivity index (χ4n) is 1.10. The predicted molar refractivity (Wildman–Crippen MR) is 48.9 cm³/mol. The lowest BCUT2D eigenvalue weighted by molar-refractivity contribution is -0.137. The van der Waals surface area contributed by atoms with Crippen molar-refractivity contribution in [3.8, 4) is 6.19 Å². The molecule has 0 saturated carbocycles. The van der Waals surface area contributed by atoms with Crippen LogP contribution >= 0.6 is 0 Å². The molecule has 16 heavy (non-hydrogen) atoms. The summed E-state index contributed by atoms with van der Waals surface area (Å²) in [5, 5.41) is 10.0. The lowest BCUT2D eigenvalue weighted by Gasteiger charge is -2.06. The summed E-state index contributed by atoms with van der Waals surface area (Å²) in [7, 11) is 0. The van der Waals surface area contributed by atoms with Gasteiger partial charge in [0.1, 0.15) is 0 Å². The molecule has 0 saturated heterocycles. The molecule has 0 aliphatic carbocycles. The Labute approximate surface area is 89.5 Å². The van der Waals surface area contributed by atoms with Crippen molar-refractivity contribution in [2.24, 2.45) is 0 Å². The zero-order valence-corrected chi connectivity index (χ0v) is 8.01. The van der Waals surface area contributed by atoms with E-state index < -0.39 is 17.6 Å². The van der Waals surface area contributed by atoms with Crippen LogP contribution in [0.1, 0.15) is 11.1 Å². The molecule has 0 bridgehead atoms. The van der Waals surface area contributed by atoms with Gasteiger partial charge in [0.15, 0.2) is 6.19 Å². The van der Waals surface area contributed by atoms with Crippen molar-refractivity contribution in [2.45, 2.75) is 12.6 Å². The number of carbonyl (C=O) groups is 1. The Kier molecular flexibility index (Phi) is 3.51. The zero-order chi connectivity index (χ0) is 12.2. The Hall–Kier alpha value is -2.03. The van der Waals surface area contributed by atoms with Crippen molar-refractivity contribution in [1.29, 1.82) is 5.26 Å². The summed E-state index contributed by atoms with van der Waals surface area (Å²) in [6, 6.07) is 4.21. The molecule has 1 rings (SSSR count). The van der Waals surface area contributed by atoms with E-state index in [-0.39, 0.29) is 6.42 Å². The molecular weight excluding hydrogens is 221 g/mol. The maximum Gasteiger partial charge on any atom is 0.416 e. The van der Waals surface area contributed by atoms with Crippen LogP contribution in [0.4, 0.5) is 13.2 Å². The van der Waals surface area contributed by atoms with E-state index in [9.17, 15) is 18.0 Å². The summed E-state index contributed by atoms with van der Waals surface area (Å²) in [6.45, 7) is 0. The first-order valence-corrected chi connectivity index (χ1v) is 4.27. The Bertz CT molecular complexity index is 417. The van der Waals surface area contributed by atoms with Crippen LogP contribution in [-0.4, -0.2) is 5.91 Å². The molecule has 0 spiro atoms. The Morgan fingerprint density at radius 3 is 2.31 bits per heavy atom. The van der Waals surface area contributed by atoms with E-state index in [0.717, 1.165) is 12.1 Å². The molecule has 0 aromatic heterocycles. The fraction of sp³-hybridized carbons (Fsp3) is 0.200. The van der Waals surface area contributed by atoms with E-state index in [4.69, 9.17) is 5.26 Å². The molecule has 1 aromatic rings. The third kappa shape index (κ3) is 3.28. The Morgan fingerprint density at radius 2 is 1.88 bits per heavy atom. The first kappa shape index (κ1) is 12.0. The highest BCUT2D eigenvalue weighted by Crippen LogP contribution is 2.29. The second-order valence-corrected chi connectivity index (χ2v) is 3.03. The van der Waals surface area contributed by atoms with Gasteiger partial charge in [-0.2, -0.15) is 18.4 Å². The number of rotatable bonds is 2. The molecule has 1 amide bonds. The molecule has 0 fully saturated rings. The summed E-state index contributed by atoms with van der Waals surface area (Å²) in [5.74, 6) is -0.553. The molecule has 84 valence electrons. The van der Waals surface area contributed by atoms with Crippen molar-refractivity contribution in [3.63, 3.8) is 0 Å². The van der Waals surface area contributed by atoms with Crippen LogP contribution in [0.15, 0.2) is 24.3 Å². The second kappa shape index (κ2) is 4.66. The quantitative estimate of drug-likeness (QED) is 0.620. The zero-order valence-electron chi connectivity index (χ0n) is 8.01. The molecule has 0 atom stereocenters. The van der Waals surface area contributed by atoms with Gasteiger partial charge < -0.3 is 0 Å². The van der Waals surface area contributed by atoms with Gasteiger partial charge in [0.05, 0.1) is 12.0 Å². The normalized spacial score (nSPS) is 10.6. The second-order valence-electron chi connectivity index (χ2n) is 3.03. The van der Waals surface area contributed by atoms with Gasteiger partial charge in [0, 0.05) is 0 Å². The van der Waals surface area contributed by atoms with Gasteiger partial charge in [-0.1, -0.05) is 12.1 Å². The smallest absolute Gasteiger partial charge is 0.274 e. The van der Waals surface area contributed by atoms with Crippen LogP contribution in [0.3, 0.4) is 0 Å². The maximum absolute atomic E-state index is 12.2. The molecule has 1 aromatic carbocycles. The Balaban J connectivity index is 2.73. The summed E-state index contributed by atoms with van der Waals surface area (Å²) in [4.78, 5) is 10.9. The van der Waals surface area contributed by atoms with Gasteiger partial charge >= 0.3 is 6.18 Å². The van der Waals surface area contributed by atoms with Gasteiger partial charge in [0.25, 0.3) is 0 Å². The minimum atomic E-state index is -4.38. The molecule has 0 radical (unpaired) electrons. The lowest BCUT2D eigenvalue weighted by Crippen LogP contribution is -2.19. The molecule has 0 heterocycles. The molecule has 1 N–H and O–H groups in total. The highest BCUT2D eigenvalue weighted by atomic mass is 19.4. The van der Waals surface area contributed by atoms with E-state index in [1.807, 2.05) is 5.32 Å². The van der Waals surface area contributed by atoms with Crippen molar-refractivity contribution < 1.29 is 18.0 Å². The van der Waals surface area contributed by atoms with Crippen molar-refractivity contribution >= 4 is 5.91 Å². The van der Waals surface area contributed by atoms with Gasteiger partial charge in [-0.15, -0.1) is 0 Å². The van der Waals surface area contributed by atoms with E-state index in [1.54, 1.807) is 0 Å². The largest absolute Gasteiger partial charge is 0.416 e. The van der Waals surface area contributed by atoms with Crippen LogP contribution in [0.2, 0.25) is 0 Å². The molecule has 0 unspecified atom stereocenters. The molecule has 3 nitrogen and oxygen atoms in total. The van der Waals surface area contributed by atoms with Gasteiger partial charge in [-0.25, -0.2) is 0 Å². The SMILES string of the molecule is N#CNC(=O)Cc1ccc(C(F)(F)F)cc1. The number of nitriles is 1. The van der Waals surface area contributed by atoms with Crippen LogP contribution in [-0.2, 0) is 17.4 Å². The van der Waals surface area contributed by atoms with E-state index in [1.165, 1.54) is 18.3 Å². The van der Waals surface area contributed by atoms with Crippen LogP contribution in [0, 0.1) is 11.5 Å². The van der Waals surface area contributed by atoms with E-state index >= 15 is 0 Å². The van der Waals surface area contributed by atoms with Gasteiger partial charge in [-0.05, 0) is 17.7 Å². The summed E-state index contributed by atoms with van der Waals surface area (Å²) in [6.07, 6.45) is -3.06. The molecule has 0 aliphatic rings. The molecule has 0 aliphatic heterocycles. The van der Waals surface area contributed by atoms with Crippen molar-refractivity contribution in [2.75, 3.05) is 0 Å². The van der Waals surface area contributed by atoms with Gasteiger partial charge in [0.2, 0.25) is 5.91 Å². The minimum Gasteiger partial charge on any atom is -0.274 e. The standard InChI is InChI=1S/C10H7F3N2O/c11-10(12,13)8-3-1-7(2-4-8)5-9(16)15-6-14/h1-4H,5H2,(H,15,16).